The smallest absolute Gasteiger partial charge is 0.225 e. The lowest BCUT2D eigenvalue weighted by molar-refractivity contribution is -0.125. The maximum absolute atomic E-state index is 12.3. The van der Waals surface area contributed by atoms with E-state index in [0.717, 1.165) is 55.8 Å². The second kappa shape index (κ2) is 6.82. The lowest BCUT2D eigenvalue weighted by Gasteiger charge is -2.32. The van der Waals surface area contributed by atoms with Crippen molar-refractivity contribution in [2.45, 2.75) is 38.6 Å². The van der Waals surface area contributed by atoms with Crippen molar-refractivity contribution in [2.75, 3.05) is 18.0 Å². The molecule has 1 aromatic carbocycles. The van der Waals surface area contributed by atoms with Gasteiger partial charge in [-0.3, -0.25) is 4.79 Å². The molecule has 1 amide bonds. The fourth-order valence-corrected chi connectivity index (χ4v) is 3.44. The molecule has 1 atom stereocenters. The van der Waals surface area contributed by atoms with E-state index in [1.165, 1.54) is 5.56 Å². The molecule has 1 saturated carbocycles. The van der Waals surface area contributed by atoms with Crippen LogP contribution in [0.3, 0.4) is 0 Å². The van der Waals surface area contributed by atoms with Crippen molar-refractivity contribution in [1.29, 1.82) is 0 Å². The number of hydrogen-bond donors (Lipinski definition) is 1. The van der Waals surface area contributed by atoms with Crippen molar-refractivity contribution >= 4 is 11.7 Å². The Bertz CT molecular complexity index is 755. The molecule has 25 heavy (non-hydrogen) atoms. The van der Waals surface area contributed by atoms with Crippen LogP contribution in [0.5, 0.6) is 0 Å². The number of amides is 1. The molecule has 2 aromatic rings. The van der Waals surface area contributed by atoms with Gasteiger partial charge in [0.05, 0.1) is 11.6 Å². The van der Waals surface area contributed by atoms with Crippen molar-refractivity contribution < 1.29 is 4.79 Å². The van der Waals surface area contributed by atoms with Crippen LogP contribution in [0.15, 0.2) is 36.4 Å². The fourth-order valence-electron chi connectivity index (χ4n) is 3.44. The SMILES string of the molecule is Cc1ccccc1-c1ccc(N2CCCC(C(=O)NC3CC3)C2)nn1. The molecular weight excluding hydrogens is 312 g/mol. The summed E-state index contributed by atoms with van der Waals surface area (Å²) in [5.41, 5.74) is 3.20. The molecule has 2 aliphatic rings. The Kier molecular flexibility index (Phi) is 4.38. The van der Waals surface area contributed by atoms with Crippen LogP contribution in [0.25, 0.3) is 11.3 Å². The number of nitrogens with zero attached hydrogens (tertiary/aromatic N) is 3. The average molecular weight is 336 g/mol. The zero-order chi connectivity index (χ0) is 17.2. The molecule has 1 saturated heterocycles. The van der Waals surface area contributed by atoms with Gasteiger partial charge in [0, 0.05) is 24.7 Å². The van der Waals surface area contributed by atoms with Crippen molar-refractivity contribution in [2.24, 2.45) is 5.92 Å². The van der Waals surface area contributed by atoms with Gasteiger partial charge in [0.25, 0.3) is 0 Å². The Morgan fingerprint density at radius 3 is 2.68 bits per heavy atom. The Morgan fingerprint density at radius 1 is 1.12 bits per heavy atom. The highest BCUT2D eigenvalue weighted by Crippen LogP contribution is 2.26. The fraction of sp³-hybridized carbons (Fsp3) is 0.450. The number of nitrogens with one attached hydrogen (secondary N) is 1. The zero-order valence-corrected chi connectivity index (χ0v) is 14.6. The third-order valence-corrected chi connectivity index (χ3v) is 5.11. The van der Waals surface area contributed by atoms with E-state index < -0.39 is 0 Å². The molecule has 5 heteroatoms. The van der Waals surface area contributed by atoms with E-state index in [2.05, 4.69) is 39.5 Å². The lowest BCUT2D eigenvalue weighted by Crippen LogP contribution is -2.44. The van der Waals surface area contributed by atoms with Crippen LogP contribution in [-0.2, 0) is 4.79 Å². The highest BCUT2D eigenvalue weighted by atomic mass is 16.2. The Hall–Kier alpha value is -2.43. The number of aryl methyl sites for hydroxylation is 1. The molecule has 1 unspecified atom stereocenters. The molecule has 0 spiro atoms. The van der Waals surface area contributed by atoms with Crippen LogP contribution in [0.1, 0.15) is 31.2 Å². The largest absolute Gasteiger partial charge is 0.354 e. The van der Waals surface area contributed by atoms with Gasteiger partial charge in [-0.1, -0.05) is 24.3 Å². The molecule has 1 aromatic heterocycles. The molecule has 1 aliphatic carbocycles. The van der Waals surface area contributed by atoms with E-state index in [-0.39, 0.29) is 11.8 Å². The first kappa shape index (κ1) is 16.1. The summed E-state index contributed by atoms with van der Waals surface area (Å²) in [6.07, 6.45) is 4.25. The number of hydrogen-bond acceptors (Lipinski definition) is 4. The van der Waals surface area contributed by atoms with Crippen LogP contribution in [0, 0.1) is 12.8 Å². The number of piperidine rings is 1. The van der Waals surface area contributed by atoms with Gasteiger partial charge in [-0.15, -0.1) is 10.2 Å². The minimum Gasteiger partial charge on any atom is -0.354 e. The average Bonchev–Trinajstić information content (AvgIpc) is 3.46. The van der Waals surface area contributed by atoms with Crippen LogP contribution >= 0.6 is 0 Å². The summed E-state index contributed by atoms with van der Waals surface area (Å²) in [4.78, 5) is 14.5. The van der Waals surface area contributed by atoms with Crippen LogP contribution < -0.4 is 10.2 Å². The molecular formula is C20H24N4O. The predicted octanol–water partition coefficient (Wildman–Crippen LogP) is 2.95. The Morgan fingerprint density at radius 2 is 1.96 bits per heavy atom. The van der Waals surface area contributed by atoms with Crippen molar-refractivity contribution in [3.63, 3.8) is 0 Å². The van der Waals surface area contributed by atoms with E-state index in [9.17, 15) is 4.79 Å². The van der Waals surface area contributed by atoms with Gasteiger partial charge in [-0.2, -0.15) is 0 Å². The number of carbonyl (C=O) groups excluding carboxylic acids is 1. The second-order valence-corrected chi connectivity index (χ2v) is 7.16. The number of aromatic nitrogens is 2. The summed E-state index contributed by atoms with van der Waals surface area (Å²) in [6, 6.07) is 12.7. The van der Waals surface area contributed by atoms with E-state index in [1.807, 2.05) is 24.3 Å². The number of carbonyl (C=O) groups is 1. The van der Waals surface area contributed by atoms with Gasteiger partial charge in [0.1, 0.15) is 0 Å². The van der Waals surface area contributed by atoms with Crippen LogP contribution in [0.4, 0.5) is 5.82 Å². The molecule has 2 fully saturated rings. The topological polar surface area (TPSA) is 58.1 Å². The third kappa shape index (κ3) is 3.65. The van der Waals surface area contributed by atoms with Gasteiger partial charge < -0.3 is 10.2 Å². The van der Waals surface area contributed by atoms with Crippen molar-refractivity contribution in [3.05, 3.63) is 42.0 Å². The van der Waals surface area contributed by atoms with E-state index in [0.29, 0.717) is 6.04 Å². The zero-order valence-electron chi connectivity index (χ0n) is 14.6. The summed E-state index contributed by atoms with van der Waals surface area (Å²) in [5, 5.41) is 12.0. The number of benzene rings is 1. The van der Waals surface area contributed by atoms with Crippen molar-refractivity contribution in [3.8, 4) is 11.3 Å². The Balaban J connectivity index is 1.46. The molecule has 5 nitrogen and oxygen atoms in total. The summed E-state index contributed by atoms with van der Waals surface area (Å²) in [7, 11) is 0. The quantitative estimate of drug-likeness (QED) is 0.933. The van der Waals surface area contributed by atoms with Crippen LogP contribution in [-0.4, -0.2) is 35.2 Å². The molecule has 2 heterocycles. The Labute approximate surface area is 148 Å². The predicted molar refractivity (Wildman–Crippen MR) is 98.3 cm³/mol. The third-order valence-electron chi connectivity index (χ3n) is 5.11. The number of rotatable bonds is 4. The number of anilines is 1. The minimum atomic E-state index is 0.0622. The highest BCUT2D eigenvalue weighted by Gasteiger charge is 2.30. The molecule has 130 valence electrons. The maximum atomic E-state index is 12.3. The first-order valence-electron chi connectivity index (χ1n) is 9.16. The maximum Gasteiger partial charge on any atom is 0.225 e. The van der Waals surface area contributed by atoms with Crippen LogP contribution in [0.2, 0.25) is 0 Å². The molecule has 0 radical (unpaired) electrons. The van der Waals surface area contributed by atoms with E-state index >= 15 is 0 Å². The molecule has 1 aliphatic heterocycles. The highest BCUT2D eigenvalue weighted by molar-refractivity contribution is 5.80. The summed E-state index contributed by atoms with van der Waals surface area (Å²) < 4.78 is 0. The first-order chi connectivity index (χ1) is 12.2. The van der Waals surface area contributed by atoms with Crippen molar-refractivity contribution in [1.82, 2.24) is 15.5 Å². The summed E-state index contributed by atoms with van der Waals surface area (Å²) in [5.74, 6) is 1.13. The summed E-state index contributed by atoms with van der Waals surface area (Å²) in [6.45, 7) is 3.75. The monoisotopic (exact) mass is 336 g/mol. The first-order valence-corrected chi connectivity index (χ1v) is 9.16. The minimum absolute atomic E-state index is 0.0622. The van der Waals surface area contributed by atoms with Gasteiger partial charge in [0.15, 0.2) is 5.82 Å². The van der Waals surface area contributed by atoms with E-state index in [1.54, 1.807) is 0 Å². The van der Waals surface area contributed by atoms with E-state index in [4.69, 9.17) is 0 Å². The van der Waals surface area contributed by atoms with Gasteiger partial charge in [0.2, 0.25) is 5.91 Å². The second-order valence-electron chi connectivity index (χ2n) is 7.16. The van der Waals surface area contributed by atoms with Gasteiger partial charge in [-0.05, 0) is 50.3 Å². The normalized spacial score (nSPS) is 20.4. The molecule has 4 rings (SSSR count). The molecule has 1 N–H and O–H groups in total. The molecule has 0 bridgehead atoms. The standard InChI is InChI=1S/C20H24N4O/c1-14-5-2-3-7-17(14)18-10-11-19(23-22-18)24-12-4-6-15(13-24)20(25)21-16-8-9-16/h2-3,5,7,10-11,15-16H,4,6,8-9,12-13H2,1H3,(H,21,25). The van der Waals surface area contributed by atoms with Gasteiger partial charge in [-0.25, -0.2) is 0 Å². The van der Waals surface area contributed by atoms with Gasteiger partial charge >= 0.3 is 0 Å². The lowest BCUT2D eigenvalue weighted by atomic mass is 9.97. The summed E-state index contributed by atoms with van der Waals surface area (Å²) >= 11 is 0.